The van der Waals surface area contributed by atoms with Crippen LogP contribution in [0.2, 0.25) is 0 Å². The van der Waals surface area contributed by atoms with E-state index in [-0.39, 0.29) is 5.91 Å². The standard InChI is InChI=1S/C15H15N3O/c1-11-3-4-14(12(2)9-11)10-17-18-15(19)13-5-7-16-8-6-13/h3-10H,1-2H3,(H,18,19)/b17-10+. The molecule has 0 saturated heterocycles. The second-order valence-electron chi connectivity index (χ2n) is 4.30. The summed E-state index contributed by atoms with van der Waals surface area (Å²) < 4.78 is 0. The minimum Gasteiger partial charge on any atom is -0.267 e. The van der Waals surface area contributed by atoms with Crippen molar-refractivity contribution >= 4 is 12.1 Å². The van der Waals surface area contributed by atoms with E-state index in [1.54, 1.807) is 30.7 Å². The minimum absolute atomic E-state index is 0.247. The zero-order chi connectivity index (χ0) is 13.7. The normalized spacial score (nSPS) is 10.6. The van der Waals surface area contributed by atoms with Crippen molar-refractivity contribution < 1.29 is 4.79 Å². The number of nitrogens with zero attached hydrogens (tertiary/aromatic N) is 2. The summed E-state index contributed by atoms with van der Waals surface area (Å²) in [5.41, 5.74) is 6.34. The van der Waals surface area contributed by atoms with Gasteiger partial charge in [-0.15, -0.1) is 0 Å². The molecule has 0 radical (unpaired) electrons. The summed E-state index contributed by atoms with van der Waals surface area (Å²) in [6.07, 6.45) is 4.79. The van der Waals surface area contributed by atoms with Crippen LogP contribution in [0.5, 0.6) is 0 Å². The van der Waals surface area contributed by atoms with E-state index >= 15 is 0 Å². The minimum atomic E-state index is -0.247. The molecule has 0 aliphatic carbocycles. The number of amides is 1. The molecule has 4 nitrogen and oxygen atoms in total. The van der Waals surface area contributed by atoms with Gasteiger partial charge in [-0.3, -0.25) is 9.78 Å². The lowest BCUT2D eigenvalue weighted by atomic mass is 10.1. The summed E-state index contributed by atoms with van der Waals surface area (Å²) >= 11 is 0. The molecular weight excluding hydrogens is 238 g/mol. The number of hydrazone groups is 1. The van der Waals surface area contributed by atoms with Crippen molar-refractivity contribution in [3.05, 3.63) is 65.0 Å². The zero-order valence-corrected chi connectivity index (χ0v) is 10.9. The molecule has 0 unspecified atom stereocenters. The number of benzene rings is 1. The Labute approximate surface area is 112 Å². The quantitative estimate of drug-likeness (QED) is 0.674. The van der Waals surface area contributed by atoms with Crippen molar-refractivity contribution in [1.29, 1.82) is 0 Å². The van der Waals surface area contributed by atoms with Crippen LogP contribution in [-0.4, -0.2) is 17.1 Å². The highest BCUT2D eigenvalue weighted by molar-refractivity contribution is 5.94. The van der Waals surface area contributed by atoms with Gasteiger partial charge in [-0.25, -0.2) is 5.43 Å². The van der Waals surface area contributed by atoms with Crippen molar-refractivity contribution in [1.82, 2.24) is 10.4 Å². The number of nitrogens with one attached hydrogen (secondary N) is 1. The molecule has 0 bridgehead atoms. The van der Waals surface area contributed by atoms with E-state index in [1.807, 2.05) is 26.0 Å². The van der Waals surface area contributed by atoms with Crippen molar-refractivity contribution in [2.45, 2.75) is 13.8 Å². The predicted octanol–water partition coefficient (Wildman–Crippen LogP) is 2.46. The molecular formula is C15H15N3O. The number of carbonyl (C=O) groups excluding carboxylic acids is 1. The van der Waals surface area contributed by atoms with Gasteiger partial charge in [-0.05, 0) is 37.1 Å². The summed E-state index contributed by atoms with van der Waals surface area (Å²) in [7, 11) is 0. The summed E-state index contributed by atoms with van der Waals surface area (Å²) in [4.78, 5) is 15.6. The molecule has 19 heavy (non-hydrogen) atoms. The molecule has 4 heteroatoms. The van der Waals surface area contributed by atoms with E-state index in [1.165, 1.54) is 5.56 Å². The molecule has 1 aromatic heterocycles. The van der Waals surface area contributed by atoms with E-state index in [2.05, 4.69) is 21.6 Å². The van der Waals surface area contributed by atoms with Gasteiger partial charge in [0.05, 0.1) is 6.21 Å². The third-order valence-corrected chi connectivity index (χ3v) is 2.74. The summed E-state index contributed by atoms with van der Waals surface area (Å²) in [6, 6.07) is 9.35. The van der Waals surface area contributed by atoms with Crippen LogP contribution < -0.4 is 5.43 Å². The monoisotopic (exact) mass is 253 g/mol. The van der Waals surface area contributed by atoms with Crippen LogP contribution in [0.1, 0.15) is 27.0 Å². The Morgan fingerprint density at radius 1 is 1.21 bits per heavy atom. The second kappa shape index (κ2) is 5.91. The van der Waals surface area contributed by atoms with Gasteiger partial charge >= 0.3 is 0 Å². The molecule has 0 aliphatic rings. The third kappa shape index (κ3) is 3.48. The van der Waals surface area contributed by atoms with Crippen LogP contribution in [-0.2, 0) is 0 Å². The molecule has 0 spiro atoms. The Bertz CT molecular complexity index is 606. The molecule has 0 aliphatic heterocycles. The first kappa shape index (κ1) is 13.0. The maximum Gasteiger partial charge on any atom is 0.271 e. The molecule has 1 aromatic carbocycles. The zero-order valence-electron chi connectivity index (χ0n) is 10.9. The van der Waals surface area contributed by atoms with Gasteiger partial charge in [0.15, 0.2) is 0 Å². The Morgan fingerprint density at radius 2 is 1.95 bits per heavy atom. The van der Waals surface area contributed by atoms with Crippen LogP contribution in [0.15, 0.2) is 47.8 Å². The first-order valence-electron chi connectivity index (χ1n) is 5.97. The number of hydrogen-bond donors (Lipinski definition) is 1. The van der Waals surface area contributed by atoms with Gasteiger partial charge < -0.3 is 0 Å². The van der Waals surface area contributed by atoms with Crippen molar-refractivity contribution in [3.63, 3.8) is 0 Å². The number of aryl methyl sites for hydroxylation is 2. The average Bonchev–Trinajstić information content (AvgIpc) is 2.42. The van der Waals surface area contributed by atoms with Gasteiger partial charge in [0.2, 0.25) is 0 Å². The van der Waals surface area contributed by atoms with Gasteiger partial charge in [0, 0.05) is 18.0 Å². The highest BCUT2D eigenvalue weighted by Crippen LogP contribution is 2.07. The van der Waals surface area contributed by atoms with Gasteiger partial charge in [-0.1, -0.05) is 23.8 Å². The van der Waals surface area contributed by atoms with Gasteiger partial charge in [-0.2, -0.15) is 5.10 Å². The number of rotatable bonds is 3. The fourth-order valence-corrected chi connectivity index (χ4v) is 1.70. The lowest BCUT2D eigenvalue weighted by Gasteiger charge is -2.02. The second-order valence-corrected chi connectivity index (χ2v) is 4.30. The highest BCUT2D eigenvalue weighted by atomic mass is 16.2. The van der Waals surface area contributed by atoms with Crippen LogP contribution in [0.4, 0.5) is 0 Å². The Hall–Kier alpha value is -2.49. The maximum absolute atomic E-state index is 11.7. The Kier molecular flexibility index (Phi) is 4.03. The summed E-state index contributed by atoms with van der Waals surface area (Å²) in [5.74, 6) is -0.247. The maximum atomic E-state index is 11.7. The number of pyridine rings is 1. The van der Waals surface area contributed by atoms with Crippen LogP contribution >= 0.6 is 0 Å². The average molecular weight is 253 g/mol. The number of hydrogen-bond acceptors (Lipinski definition) is 3. The largest absolute Gasteiger partial charge is 0.271 e. The van der Waals surface area contributed by atoms with E-state index in [4.69, 9.17) is 0 Å². The fourth-order valence-electron chi connectivity index (χ4n) is 1.70. The third-order valence-electron chi connectivity index (χ3n) is 2.74. The fraction of sp³-hybridized carbons (Fsp3) is 0.133. The van der Waals surface area contributed by atoms with E-state index in [0.717, 1.165) is 11.1 Å². The van der Waals surface area contributed by atoms with E-state index < -0.39 is 0 Å². The lowest BCUT2D eigenvalue weighted by molar-refractivity contribution is 0.0955. The Balaban J connectivity index is 2.02. The van der Waals surface area contributed by atoms with Crippen LogP contribution in [0.25, 0.3) is 0 Å². The molecule has 1 N–H and O–H groups in total. The number of carbonyl (C=O) groups is 1. The van der Waals surface area contributed by atoms with Crippen molar-refractivity contribution in [2.75, 3.05) is 0 Å². The van der Waals surface area contributed by atoms with Crippen LogP contribution in [0, 0.1) is 13.8 Å². The van der Waals surface area contributed by atoms with E-state index in [9.17, 15) is 4.79 Å². The Morgan fingerprint density at radius 3 is 2.63 bits per heavy atom. The molecule has 1 heterocycles. The first-order chi connectivity index (χ1) is 9.16. The highest BCUT2D eigenvalue weighted by Gasteiger charge is 2.02. The number of aromatic nitrogens is 1. The van der Waals surface area contributed by atoms with Crippen LogP contribution in [0.3, 0.4) is 0 Å². The molecule has 0 atom stereocenters. The van der Waals surface area contributed by atoms with Crippen molar-refractivity contribution in [2.24, 2.45) is 5.10 Å². The molecule has 0 fully saturated rings. The molecule has 0 saturated carbocycles. The SMILES string of the molecule is Cc1ccc(/C=N/NC(=O)c2ccncc2)c(C)c1. The van der Waals surface area contributed by atoms with Gasteiger partial charge in [0.1, 0.15) is 0 Å². The summed E-state index contributed by atoms with van der Waals surface area (Å²) in [5, 5.41) is 3.96. The smallest absolute Gasteiger partial charge is 0.267 e. The lowest BCUT2D eigenvalue weighted by Crippen LogP contribution is -2.17. The molecule has 96 valence electrons. The molecule has 2 rings (SSSR count). The van der Waals surface area contributed by atoms with Crippen molar-refractivity contribution in [3.8, 4) is 0 Å². The predicted molar refractivity (Wildman–Crippen MR) is 75.2 cm³/mol. The topological polar surface area (TPSA) is 54.4 Å². The molecule has 1 amide bonds. The van der Waals surface area contributed by atoms with Gasteiger partial charge in [0.25, 0.3) is 5.91 Å². The van der Waals surface area contributed by atoms with E-state index in [0.29, 0.717) is 5.56 Å². The first-order valence-corrected chi connectivity index (χ1v) is 5.97. The molecule has 2 aromatic rings. The summed E-state index contributed by atoms with van der Waals surface area (Å²) in [6.45, 7) is 4.05.